The first-order valence-corrected chi connectivity index (χ1v) is 7.16. The van der Waals surface area contributed by atoms with E-state index in [0.29, 0.717) is 18.7 Å². The molecule has 0 spiro atoms. The van der Waals surface area contributed by atoms with E-state index in [-0.39, 0.29) is 12.1 Å². The molecule has 0 aliphatic carbocycles. The van der Waals surface area contributed by atoms with Gasteiger partial charge in [0.1, 0.15) is 5.60 Å². The van der Waals surface area contributed by atoms with Crippen molar-refractivity contribution in [3.8, 4) is 0 Å². The van der Waals surface area contributed by atoms with E-state index in [0.717, 1.165) is 11.1 Å². The van der Waals surface area contributed by atoms with Crippen molar-refractivity contribution in [2.45, 2.75) is 26.4 Å². The highest BCUT2D eigenvalue weighted by Gasteiger charge is 2.27. The van der Waals surface area contributed by atoms with E-state index in [4.69, 9.17) is 9.47 Å². The van der Waals surface area contributed by atoms with E-state index in [9.17, 15) is 9.59 Å². The van der Waals surface area contributed by atoms with Gasteiger partial charge in [-0.15, -0.1) is 0 Å². The molecule has 0 aromatic heterocycles. The second-order valence-electron chi connectivity index (χ2n) is 6.13. The third-order valence-corrected chi connectivity index (χ3v) is 3.25. The number of carbonyl (C=O) groups excluding carboxylic acids is 2. The Labute approximate surface area is 130 Å². The molecule has 0 radical (unpaired) electrons. The molecular formula is C17H21NO4. The van der Waals surface area contributed by atoms with Crippen LogP contribution in [0.25, 0.3) is 5.57 Å². The highest BCUT2D eigenvalue weighted by molar-refractivity contribution is 5.96. The topological polar surface area (TPSA) is 55.8 Å². The summed E-state index contributed by atoms with van der Waals surface area (Å²) in [5, 5.41) is 0. The van der Waals surface area contributed by atoms with Gasteiger partial charge in [0.15, 0.2) is 0 Å². The van der Waals surface area contributed by atoms with E-state index >= 15 is 0 Å². The van der Waals surface area contributed by atoms with E-state index < -0.39 is 5.60 Å². The van der Waals surface area contributed by atoms with Crippen LogP contribution in [0.1, 0.15) is 36.7 Å². The zero-order valence-corrected chi connectivity index (χ0v) is 13.4. The Morgan fingerprint density at radius 3 is 2.50 bits per heavy atom. The smallest absolute Gasteiger partial charge is 0.410 e. The lowest BCUT2D eigenvalue weighted by Crippen LogP contribution is -2.35. The number of hydrogen-bond acceptors (Lipinski definition) is 4. The average molecular weight is 303 g/mol. The van der Waals surface area contributed by atoms with Crippen molar-refractivity contribution in [1.82, 2.24) is 4.90 Å². The van der Waals surface area contributed by atoms with E-state index in [1.165, 1.54) is 7.11 Å². The summed E-state index contributed by atoms with van der Waals surface area (Å²) in [6.07, 6.45) is 1.58. The molecule has 22 heavy (non-hydrogen) atoms. The lowest BCUT2D eigenvalue weighted by molar-refractivity contribution is 0.0306. The van der Waals surface area contributed by atoms with Gasteiger partial charge in [0, 0.05) is 13.1 Å². The van der Waals surface area contributed by atoms with Crippen LogP contribution < -0.4 is 0 Å². The van der Waals surface area contributed by atoms with Gasteiger partial charge in [0.25, 0.3) is 0 Å². The summed E-state index contributed by atoms with van der Waals surface area (Å²) in [6.45, 7) is 6.40. The van der Waals surface area contributed by atoms with Crippen LogP contribution in [0.5, 0.6) is 0 Å². The minimum absolute atomic E-state index is 0.353. The summed E-state index contributed by atoms with van der Waals surface area (Å²) >= 11 is 0. The highest BCUT2D eigenvalue weighted by Crippen LogP contribution is 2.26. The normalized spacial score (nSPS) is 14.5. The first-order chi connectivity index (χ1) is 10.3. The molecule has 0 fully saturated rings. The van der Waals surface area contributed by atoms with Gasteiger partial charge < -0.3 is 14.4 Å². The Balaban J connectivity index is 2.14. The molecule has 118 valence electrons. The Morgan fingerprint density at radius 1 is 1.18 bits per heavy atom. The van der Waals surface area contributed by atoms with E-state index in [2.05, 4.69) is 0 Å². The number of nitrogens with zero attached hydrogens (tertiary/aromatic N) is 1. The first kappa shape index (κ1) is 16.1. The van der Waals surface area contributed by atoms with Crippen molar-refractivity contribution in [3.05, 3.63) is 41.5 Å². The predicted molar refractivity (Wildman–Crippen MR) is 83.6 cm³/mol. The lowest BCUT2D eigenvalue weighted by atomic mass is 10.0. The average Bonchev–Trinajstić information content (AvgIpc) is 2.94. The summed E-state index contributed by atoms with van der Waals surface area (Å²) in [4.78, 5) is 25.5. The Morgan fingerprint density at radius 2 is 1.86 bits per heavy atom. The van der Waals surface area contributed by atoms with Crippen LogP contribution in [0, 0.1) is 0 Å². The van der Waals surface area contributed by atoms with Gasteiger partial charge in [0.2, 0.25) is 0 Å². The molecule has 1 aliphatic heterocycles. The predicted octanol–water partition coefficient (Wildman–Crippen LogP) is 3.11. The molecule has 5 heteroatoms. The van der Waals surface area contributed by atoms with E-state index in [1.54, 1.807) is 17.0 Å². The molecule has 0 saturated heterocycles. The molecule has 5 nitrogen and oxygen atoms in total. The van der Waals surface area contributed by atoms with Gasteiger partial charge in [-0.3, -0.25) is 0 Å². The van der Waals surface area contributed by atoms with Crippen LogP contribution in [-0.2, 0) is 9.47 Å². The van der Waals surface area contributed by atoms with Gasteiger partial charge in [-0.2, -0.15) is 0 Å². The van der Waals surface area contributed by atoms with Crippen molar-refractivity contribution >= 4 is 17.6 Å². The summed E-state index contributed by atoms with van der Waals surface area (Å²) in [5.74, 6) is -0.382. The second-order valence-corrected chi connectivity index (χ2v) is 6.13. The minimum Gasteiger partial charge on any atom is -0.465 e. The van der Waals surface area contributed by atoms with Gasteiger partial charge in [-0.25, -0.2) is 9.59 Å². The molecule has 0 saturated carbocycles. The Bertz CT molecular complexity index is 613. The lowest BCUT2D eigenvalue weighted by Gasteiger charge is -2.24. The quantitative estimate of drug-likeness (QED) is 0.788. The van der Waals surface area contributed by atoms with E-state index in [1.807, 2.05) is 39.0 Å². The zero-order chi connectivity index (χ0) is 16.3. The number of amides is 1. The number of rotatable bonds is 2. The summed E-state index contributed by atoms with van der Waals surface area (Å²) in [7, 11) is 1.36. The van der Waals surface area contributed by atoms with Crippen molar-refractivity contribution in [2.24, 2.45) is 0 Å². The number of methoxy groups -OCH3 is 1. The maximum Gasteiger partial charge on any atom is 0.410 e. The van der Waals surface area contributed by atoms with Crippen LogP contribution in [0.2, 0.25) is 0 Å². The molecule has 0 unspecified atom stereocenters. The number of hydrogen-bond donors (Lipinski definition) is 0. The number of ether oxygens (including phenoxy) is 2. The fourth-order valence-corrected chi connectivity index (χ4v) is 2.27. The third kappa shape index (κ3) is 3.67. The van der Waals surface area contributed by atoms with Crippen molar-refractivity contribution < 1.29 is 19.1 Å². The molecule has 1 heterocycles. The van der Waals surface area contributed by atoms with Crippen LogP contribution in [0.15, 0.2) is 30.3 Å². The molecule has 1 aromatic carbocycles. The van der Waals surface area contributed by atoms with Crippen molar-refractivity contribution in [3.63, 3.8) is 0 Å². The SMILES string of the molecule is COC(=O)c1ccccc1C1=CCN(C(=O)OC(C)(C)C)C1. The number of benzene rings is 1. The Kier molecular flexibility index (Phi) is 4.54. The minimum atomic E-state index is -0.524. The maximum absolute atomic E-state index is 12.1. The molecule has 1 aromatic rings. The fourth-order valence-electron chi connectivity index (χ4n) is 2.27. The molecule has 0 N–H and O–H groups in total. The van der Waals surface area contributed by atoms with Gasteiger partial charge >= 0.3 is 12.1 Å². The standard InChI is InChI=1S/C17H21NO4/c1-17(2,3)22-16(20)18-10-9-12(11-18)13-7-5-6-8-14(13)15(19)21-4/h5-9H,10-11H2,1-4H3. The molecule has 1 aliphatic rings. The zero-order valence-electron chi connectivity index (χ0n) is 13.4. The van der Waals surface area contributed by atoms with Crippen LogP contribution in [0.4, 0.5) is 4.79 Å². The van der Waals surface area contributed by atoms with Crippen molar-refractivity contribution in [2.75, 3.05) is 20.2 Å². The van der Waals surface area contributed by atoms with Crippen LogP contribution in [0.3, 0.4) is 0 Å². The number of carbonyl (C=O) groups is 2. The molecule has 0 atom stereocenters. The monoisotopic (exact) mass is 303 g/mol. The fraction of sp³-hybridized carbons (Fsp3) is 0.412. The summed E-state index contributed by atoms with van der Waals surface area (Å²) in [5.41, 5.74) is 1.69. The highest BCUT2D eigenvalue weighted by atomic mass is 16.6. The Hall–Kier alpha value is -2.30. The second kappa shape index (κ2) is 6.22. The molecule has 2 rings (SSSR count). The first-order valence-electron chi connectivity index (χ1n) is 7.16. The summed E-state index contributed by atoms with van der Waals surface area (Å²) < 4.78 is 10.2. The maximum atomic E-state index is 12.1. The summed E-state index contributed by atoms with van der Waals surface area (Å²) in [6, 6.07) is 7.23. The van der Waals surface area contributed by atoms with Gasteiger partial charge in [-0.05, 0) is 38.0 Å². The third-order valence-electron chi connectivity index (χ3n) is 3.25. The molecular weight excluding hydrogens is 282 g/mol. The largest absolute Gasteiger partial charge is 0.465 e. The van der Waals surface area contributed by atoms with Crippen LogP contribution in [-0.4, -0.2) is 42.8 Å². The van der Waals surface area contributed by atoms with Gasteiger partial charge in [0.05, 0.1) is 12.7 Å². The molecule has 1 amide bonds. The van der Waals surface area contributed by atoms with Crippen LogP contribution >= 0.6 is 0 Å². The van der Waals surface area contributed by atoms with Gasteiger partial charge in [-0.1, -0.05) is 24.3 Å². The van der Waals surface area contributed by atoms with Crippen molar-refractivity contribution in [1.29, 1.82) is 0 Å². The number of esters is 1. The molecule has 0 bridgehead atoms.